The summed E-state index contributed by atoms with van der Waals surface area (Å²) in [5.41, 5.74) is -0.338. The number of hydrogen-bond donors (Lipinski definition) is 2. The molecule has 0 radical (unpaired) electrons. The van der Waals surface area contributed by atoms with Gasteiger partial charge in [0.2, 0.25) is 11.8 Å². The maximum atomic E-state index is 11.8. The van der Waals surface area contributed by atoms with Crippen molar-refractivity contribution in [2.75, 3.05) is 52.7 Å². The van der Waals surface area contributed by atoms with Gasteiger partial charge in [0.05, 0.1) is 44.2 Å². The van der Waals surface area contributed by atoms with E-state index in [9.17, 15) is 9.59 Å². The van der Waals surface area contributed by atoms with Gasteiger partial charge in [-0.05, 0) is 53.9 Å². The molecule has 0 aliphatic carbocycles. The van der Waals surface area contributed by atoms with Crippen LogP contribution in [0.4, 0.5) is 0 Å². The van der Waals surface area contributed by atoms with Crippen LogP contribution in [0.25, 0.3) is 0 Å². The Morgan fingerprint density at radius 3 is 1.74 bits per heavy atom. The normalized spacial score (nSPS) is 13.4. The van der Waals surface area contributed by atoms with Crippen LogP contribution in [0.5, 0.6) is 0 Å². The van der Waals surface area contributed by atoms with Crippen LogP contribution >= 0.6 is 0 Å². The third kappa shape index (κ3) is 23.0. The maximum Gasteiger partial charge on any atom is 0.244 e. The van der Waals surface area contributed by atoms with Gasteiger partial charge in [-0.1, -0.05) is 6.92 Å². The summed E-state index contributed by atoms with van der Waals surface area (Å²) in [6.07, 6.45) is 3.25. The predicted molar refractivity (Wildman–Crippen MR) is 122 cm³/mol. The van der Waals surface area contributed by atoms with Crippen LogP contribution in [0.1, 0.15) is 54.9 Å². The van der Waals surface area contributed by atoms with Crippen molar-refractivity contribution in [3.05, 3.63) is 12.2 Å². The molecule has 2 amide bonds. The van der Waals surface area contributed by atoms with Gasteiger partial charge in [-0.3, -0.25) is 9.59 Å². The molecule has 8 heteroatoms. The molecule has 0 heterocycles. The molecule has 1 unspecified atom stereocenters. The number of nitrogens with one attached hydrogen (secondary N) is 2. The van der Waals surface area contributed by atoms with Gasteiger partial charge in [0.1, 0.15) is 0 Å². The Kier molecular flexibility index (Phi) is 15.4. The molecule has 1 atom stereocenters. The van der Waals surface area contributed by atoms with Crippen LogP contribution in [0.15, 0.2) is 12.2 Å². The summed E-state index contributed by atoms with van der Waals surface area (Å²) < 4.78 is 22.1. The van der Waals surface area contributed by atoms with E-state index in [1.807, 2.05) is 41.5 Å². The lowest BCUT2D eigenvalue weighted by Gasteiger charge is -2.19. The molecule has 8 nitrogen and oxygen atoms in total. The summed E-state index contributed by atoms with van der Waals surface area (Å²) in [6.45, 7) is 18.1. The predicted octanol–water partition coefficient (Wildman–Crippen LogP) is 2.46. The first-order valence-corrected chi connectivity index (χ1v) is 11.1. The Morgan fingerprint density at radius 2 is 1.23 bits per heavy atom. The molecule has 0 bridgehead atoms. The Balaban J connectivity index is 3.68. The second-order valence-electron chi connectivity index (χ2n) is 9.42. The summed E-state index contributed by atoms with van der Waals surface area (Å²) in [5, 5.41) is 5.43. The highest BCUT2D eigenvalue weighted by Gasteiger charge is 2.10. The van der Waals surface area contributed by atoms with Crippen LogP contribution in [0.2, 0.25) is 0 Å². The van der Waals surface area contributed by atoms with Crippen LogP contribution in [0, 0.1) is 5.92 Å². The molecule has 0 spiro atoms. The van der Waals surface area contributed by atoms with Gasteiger partial charge in [-0.2, -0.15) is 0 Å². The van der Waals surface area contributed by atoms with E-state index in [0.717, 1.165) is 6.42 Å². The molecule has 0 aliphatic heterocycles. The van der Waals surface area contributed by atoms with Crippen molar-refractivity contribution in [3.63, 3.8) is 0 Å². The van der Waals surface area contributed by atoms with Gasteiger partial charge >= 0.3 is 0 Å². The number of hydrogen-bond acceptors (Lipinski definition) is 6. The van der Waals surface area contributed by atoms with Gasteiger partial charge in [-0.25, -0.2) is 0 Å². The fourth-order valence-corrected chi connectivity index (χ4v) is 2.24. The molecule has 0 aliphatic rings. The largest absolute Gasteiger partial charge is 0.379 e. The summed E-state index contributed by atoms with van der Waals surface area (Å²) in [5.74, 6) is -0.308. The Labute approximate surface area is 188 Å². The smallest absolute Gasteiger partial charge is 0.244 e. The third-order valence-electron chi connectivity index (χ3n) is 3.80. The van der Waals surface area contributed by atoms with Crippen molar-refractivity contribution in [1.29, 1.82) is 0 Å². The molecule has 31 heavy (non-hydrogen) atoms. The van der Waals surface area contributed by atoms with E-state index in [-0.39, 0.29) is 23.0 Å². The molecule has 182 valence electrons. The highest BCUT2D eigenvalue weighted by atomic mass is 16.5. The van der Waals surface area contributed by atoms with Gasteiger partial charge < -0.3 is 29.6 Å². The van der Waals surface area contributed by atoms with Crippen molar-refractivity contribution < 1.29 is 28.5 Å². The number of rotatable bonds is 16. The lowest BCUT2D eigenvalue weighted by atomic mass is 10.1. The number of amides is 2. The van der Waals surface area contributed by atoms with E-state index >= 15 is 0 Å². The zero-order valence-corrected chi connectivity index (χ0v) is 20.5. The zero-order chi connectivity index (χ0) is 23.8. The van der Waals surface area contributed by atoms with Crippen molar-refractivity contribution in [2.45, 2.75) is 66.1 Å². The van der Waals surface area contributed by atoms with Crippen molar-refractivity contribution in [2.24, 2.45) is 5.92 Å². The fraction of sp³-hybridized carbons (Fsp3) is 0.826. The van der Waals surface area contributed by atoms with E-state index in [2.05, 4.69) is 17.6 Å². The monoisotopic (exact) mass is 444 g/mol. The fourth-order valence-electron chi connectivity index (χ4n) is 2.24. The lowest BCUT2D eigenvalue weighted by molar-refractivity contribution is -0.118. The number of ether oxygens (including phenoxy) is 4. The summed E-state index contributed by atoms with van der Waals surface area (Å²) in [4.78, 5) is 23.5. The minimum absolute atomic E-state index is 0.154. The van der Waals surface area contributed by atoms with Gasteiger partial charge in [-0.15, -0.1) is 0 Å². The quantitative estimate of drug-likeness (QED) is 0.281. The Morgan fingerprint density at radius 1 is 0.742 bits per heavy atom. The minimum atomic E-state index is -0.330. The van der Waals surface area contributed by atoms with Crippen molar-refractivity contribution in [1.82, 2.24) is 10.6 Å². The molecule has 0 aromatic rings. The summed E-state index contributed by atoms with van der Waals surface area (Å²) in [6, 6.07) is 0. The Bertz CT molecular complexity index is 523. The van der Waals surface area contributed by atoms with Crippen LogP contribution in [-0.2, 0) is 28.5 Å². The van der Waals surface area contributed by atoms with Crippen molar-refractivity contribution in [3.8, 4) is 0 Å². The van der Waals surface area contributed by atoms with E-state index < -0.39 is 0 Å². The second kappa shape index (κ2) is 16.2. The molecule has 0 fully saturated rings. The third-order valence-corrected chi connectivity index (χ3v) is 3.80. The van der Waals surface area contributed by atoms with E-state index in [0.29, 0.717) is 58.6 Å². The highest BCUT2D eigenvalue weighted by Crippen LogP contribution is 2.07. The molecule has 0 saturated carbocycles. The first-order valence-electron chi connectivity index (χ1n) is 11.1. The van der Waals surface area contributed by atoms with E-state index in [1.165, 1.54) is 12.2 Å². The highest BCUT2D eigenvalue weighted by molar-refractivity contribution is 5.96. The van der Waals surface area contributed by atoms with Gasteiger partial charge in [0, 0.05) is 31.8 Å². The molecular weight excluding hydrogens is 400 g/mol. The first-order chi connectivity index (χ1) is 14.4. The van der Waals surface area contributed by atoms with Crippen LogP contribution < -0.4 is 10.6 Å². The summed E-state index contributed by atoms with van der Waals surface area (Å²) >= 11 is 0. The van der Waals surface area contributed by atoms with Crippen molar-refractivity contribution >= 4 is 11.8 Å². The maximum absolute atomic E-state index is 11.8. The van der Waals surface area contributed by atoms with Crippen LogP contribution in [-0.4, -0.2) is 75.7 Å². The zero-order valence-electron chi connectivity index (χ0n) is 20.5. The molecule has 0 aromatic heterocycles. The Hall–Kier alpha value is -1.48. The SMILES string of the molecule is CC(CCNC(=O)/C=C/C(=O)NCCOCCOC(C)(C)C)COCCOC(C)(C)C. The number of carbonyl (C=O) groups is 2. The van der Waals surface area contributed by atoms with Gasteiger partial charge in [0.25, 0.3) is 0 Å². The summed E-state index contributed by atoms with van der Waals surface area (Å²) in [7, 11) is 0. The van der Waals surface area contributed by atoms with E-state index in [4.69, 9.17) is 18.9 Å². The molecule has 0 saturated heterocycles. The van der Waals surface area contributed by atoms with E-state index in [1.54, 1.807) is 0 Å². The second-order valence-corrected chi connectivity index (χ2v) is 9.42. The lowest BCUT2D eigenvalue weighted by Crippen LogP contribution is -2.28. The minimum Gasteiger partial charge on any atom is -0.379 e. The molecule has 2 N–H and O–H groups in total. The van der Waals surface area contributed by atoms with Gasteiger partial charge in [0.15, 0.2) is 0 Å². The van der Waals surface area contributed by atoms with Crippen LogP contribution in [0.3, 0.4) is 0 Å². The topological polar surface area (TPSA) is 95.1 Å². The first kappa shape index (κ1) is 29.5. The standard InChI is InChI=1S/C23H44N2O6/c1-19(18-29-15-17-31-23(5,6)7)10-11-24-20(26)8-9-21(27)25-12-13-28-14-16-30-22(2,3)4/h8-9,19H,10-18H2,1-7H3,(H,24,26)(H,25,27)/b9-8+. The molecule has 0 aromatic carbocycles. The average molecular weight is 445 g/mol. The number of carbonyl (C=O) groups excluding carboxylic acids is 2. The molecular formula is C23H44N2O6. The average Bonchev–Trinajstić information content (AvgIpc) is 2.63. The molecule has 0 rings (SSSR count).